The average Bonchev–Trinajstić information content (AvgIpc) is 2.41. The van der Waals surface area contributed by atoms with E-state index < -0.39 is 10.9 Å². The van der Waals surface area contributed by atoms with Gasteiger partial charge in [0.05, 0.1) is 16.1 Å². The molecular formula is C14H11NO4S. The predicted molar refractivity (Wildman–Crippen MR) is 77.5 cm³/mol. The number of nitrogens with zero attached hydrogens (tertiary/aromatic N) is 1. The fraction of sp³-hybridized carbons (Fsp3) is 0.0714. The van der Waals surface area contributed by atoms with Crippen molar-refractivity contribution in [2.24, 2.45) is 0 Å². The fourth-order valence-electron chi connectivity index (χ4n) is 1.99. The summed E-state index contributed by atoms with van der Waals surface area (Å²) in [4.78, 5) is 22.3. The lowest BCUT2D eigenvalue weighted by atomic mass is 9.96. The monoisotopic (exact) mass is 289 g/mol. The molecule has 0 spiro atoms. The molecule has 5 nitrogen and oxygen atoms in total. The number of para-hydroxylation sites is 1. The van der Waals surface area contributed by atoms with Gasteiger partial charge in [0.15, 0.2) is 0 Å². The molecule has 0 aromatic heterocycles. The lowest BCUT2D eigenvalue weighted by molar-refractivity contribution is -0.384. The second kappa shape index (κ2) is 5.34. The maximum absolute atomic E-state index is 11.3. The fourth-order valence-corrected chi connectivity index (χ4v) is 2.31. The Balaban J connectivity index is 2.85. The van der Waals surface area contributed by atoms with Gasteiger partial charge in [-0.05, 0) is 24.6 Å². The van der Waals surface area contributed by atoms with Gasteiger partial charge in [-0.3, -0.25) is 10.1 Å². The largest absolute Gasteiger partial charge is 0.478 e. The van der Waals surface area contributed by atoms with Crippen molar-refractivity contribution in [3.8, 4) is 11.1 Å². The van der Waals surface area contributed by atoms with Crippen LogP contribution in [0.5, 0.6) is 0 Å². The van der Waals surface area contributed by atoms with Crippen molar-refractivity contribution in [2.45, 2.75) is 11.8 Å². The molecule has 0 aliphatic heterocycles. The van der Waals surface area contributed by atoms with Crippen molar-refractivity contribution < 1.29 is 14.8 Å². The first-order chi connectivity index (χ1) is 9.43. The quantitative estimate of drug-likeness (QED) is 0.514. The highest BCUT2D eigenvalue weighted by atomic mass is 32.1. The molecule has 0 amide bonds. The molecule has 2 rings (SSSR count). The zero-order chi connectivity index (χ0) is 14.9. The Bertz CT molecular complexity index is 712. The normalized spacial score (nSPS) is 10.3. The SMILES string of the molecule is Cc1ccc(C(=O)O)c(-c2ccccc2[N+](=O)[O-])c1S. The van der Waals surface area contributed by atoms with E-state index in [1.165, 1.54) is 24.3 Å². The molecule has 102 valence electrons. The van der Waals surface area contributed by atoms with Crippen LogP contribution < -0.4 is 0 Å². The maximum atomic E-state index is 11.3. The topological polar surface area (TPSA) is 80.4 Å². The summed E-state index contributed by atoms with van der Waals surface area (Å²) in [7, 11) is 0. The van der Waals surface area contributed by atoms with Gasteiger partial charge >= 0.3 is 5.97 Å². The van der Waals surface area contributed by atoms with E-state index in [9.17, 15) is 20.0 Å². The van der Waals surface area contributed by atoms with Gasteiger partial charge in [-0.1, -0.05) is 18.2 Å². The van der Waals surface area contributed by atoms with E-state index in [1.54, 1.807) is 19.1 Å². The van der Waals surface area contributed by atoms with E-state index in [2.05, 4.69) is 12.6 Å². The molecule has 20 heavy (non-hydrogen) atoms. The summed E-state index contributed by atoms with van der Waals surface area (Å²) in [6.45, 7) is 1.77. The summed E-state index contributed by atoms with van der Waals surface area (Å²) in [6, 6.07) is 9.10. The highest BCUT2D eigenvalue weighted by Crippen LogP contribution is 2.37. The van der Waals surface area contributed by atoms with Gasteiger partial charge in [0.1, 0.15) is 0 Å². The molecule has 2 aromatic rings. The van der Waals surface area contributed by atoms with Gasteiger partial charge in [0.25, 0.3) is 5.69 Å². The lowest BCUT2D eigenvalue weighted by Gasteiger charge is -2.12. The minimum Gasteiger partial charge on any atom is -0.478 e. The van der Waals surface area contributed by atoms with Crippen LogP contribution in [0.25, 0.3) is 11.1 Å². The number of carboxylic acid groups (broad SMARTS) is 1. The van der Waals surface area contributed by atoms with Crippen molar-refractivity contribution in [3.05, 3.63) is 57.6 Å². The van der Waals surface area contributed by atoms with Gasteiger partial charge in [-0.15, -0.1) is 12.6 Å². The van der Waals surface area contributed by atoms with Crippen LogP contribution in [0, 0.1) is 17.0 Å². The second-order valence-electron chi connectivity index (χ2n) is 4.23. The minimum atomic E-state index is -1.14. The summed E-state index contributed by atoms with van der Waals surface area (Å²) < 4.78 is 0. The Hall–Kier alpha value is -2.34. The van der Waals surface area contributed by atoms with Crippen molar-refractivity contribution in [1.82, 2.24) is 0 Å². The molecule has 6 heteroatoms. The summed E-state index contributed by atoms with van der Waals surface area (Å²) in [5.74, 6) is -1.14. The number of aryl methyl sites for hydroxylation is 1. The number of rotatable bonds is 3. The van der Waals surface area contributed by atoms with Gasteiger partial charge in [-0.25, -0.2) is 4.79 Å². The van der Waals surface area contributed by atoms with Gasteiger partial charge < -0.3 is 5.11 Å². The number of aromatic carboxylic acids is 1. The van der Waals surface area contributed by atoms with Crippen LogP contribution in [0.15, 0.2) is 41.3 Å². The molecule has 0 radical (unpaired) electrons. The summed E-state index contributed by atoms with van der Waals surface area (Å²) >= 11 is 4.32. The van der Waals surface area contributed by atoms with Gasteiger partial charge in [0.2, 0.25) is 0 Å². The van der Waals surface area contributed by atoms with E-state index >= 15 is 0 Å². The number of nitro benzene ring substituents is 1. The zero-order valence-electron chi connectivity index (χ0n) is 10.5. The van der Waals surface area contributed by atoms with Crippen LogP contribution in [0.1, 0.15) is 15.9 Å². The third-order valence-electron chi connectivity index (χ3n) is 2.98. The summed E-state index contributed by atoms with van der Waals surface area (Å²) in [5.41, 5.74) is 1.13. The van der Waals surface area contributed by atoms with Crippen LogP contribution in [0.4, 0.5) is 5.69 Å². The molecule has 0 unspecified atom stereocenters. The third-order valence-corrected chi connectivity index (χ3v) is 3.56. The molecule has 1 N–H and O–H groups in total. The number of carbonyl (C=O) groups is 1. The Labute approximate surface area is 120 Å². The molecule has 0 saturated carbocycles. The Morgan fingerprint density at radius 1 is 1.25 bits per heavy atom. The van der Waals surface area contributed by atoms with E-state index in [4.69, 9.17) is 0 Å². The van der Waals surface area contributed by atoms with Crippen LogP contribution in [-0.4, -0.2) is 16.0 Å². The molecule has 0 fully saturated rings. The first kappa shape index (κ1) is 14.1. The maximum Gasteiger partial charge on any atom is 0.336 e. The van der Waals surface area contributed by atoms with Crippen LogP contribution >= 0.6 is 12.6 Å². The Morgan fingerprint density at radius 3 is 2.50 bits per heavy atom. The molecule has 0 aliphatic rings. The third kappa shape index (κ3) is 2.37. The Morgan fingerprint density at radius 2 is 1.90 bits per heavy atom. The molecule has 2 aromatic carbocycles. The molecule has 0 saturated heterocycles. The van der Waals surface area contributed by atoms with Crippen molar-refractivity contribution in [3.63, 3.8) is 0 Å². The summed E-state index contributed by atoms with van der Waals surface area (Å²) in [6.07, 6.45) is 0. The number of benzene rings is 2. The van der Waals surface area contributed by atoms with E-state index in [1.807, 2.05) is 0 Å². The minimum absolute atomic E-state index is 0.00472. The van der Waals surface area contributed by atoms with E-state index in [0.29, 0.717) is 4.90 Å². The van der Waals surface area contributed by atoms with E-state index in [-0.39, 0.29) is 22.4 Å². The molecule has 0 atom stereocenters. The van der Waals surface area contributed by atoms with Crippen LogP contribution in [-0.2, 0) is 0 Å². The molecule has 0 aliphatic carbocycles. The van der Waals surface area contributed by atoms with Crippen LogP contribution in [0.2, 0.25) is 0 Å². The summed E-state index contributed by atoms with van der Waals surface area (Å²) in [5, 5.41) is 20.4. The second-order valence-corrected chi connectivity index (χ2v) is 4.68. The van der Waals surface area contributed by atoms with E-state index in [0.717, 1.165) is 5.56 Å². The Kier molecular flexibility index (Phi) is 3.76. The van der Waals surface area contributed by atoms with Crippen molar-refractivity contribution in [1.29, 1.82) is 0 Å². The number of thiol groups is 1. The molecule has 0 heterocycles. The number of carboxylic acids is 1. The standard InChI is InChI=1S/C14H11NO4S/c1-8-6-7-10(14(16)17)12(13(8)20)9-4-2-3-5-11(9)15(18)19/h2-7,20H,1H3,(H,16,17). The average molecular weight is 289 g/mol. The number of nitro groups is 1. The van der Waals surface area contributed by atoms with Crippen LogP contribution in [0.3, 0.4) is 0 Å². The number of hydrogen-bond donors (Lipinski definition) is 2. The predicted octanol–water partition coefficient (Wildman–Crippen LogP) is 3.56. The first-order valence-corrected chi connectivity index (χ1v) is 6.18. The molecular weight excluding hydrogens is 278 g/mol. The zero-order valence-corrected chi connectivity index (χ0v) is 11.4. The van der Waals surface area contributed by atoms with Crippen molar-refractivity contribution in [2.75, 3.05) is 0 Å². The van der Waals surface area contributed by atoms with Gasteiger partial charge in [0, 0.05) is 16.5 Å². The van der Waals surface area contributed by atoms with Crippen molar-refractivity contribution >= 4 is 24.3 Å². The molecule has 0 bridgehead atoms. The highest BCUT2D eigenvalue weighted by Gasteiger charge is 2.22. The first-order valence-electron chi connectivity index (χ1n) is 5.73. The lowest BCUT2D eigenvalue weighted by Crippen LogP contribution is -2.03. The smallest absolute Gasteiger partial charge is 0.336 e. The highest BCUT2D eigenvalue weighted by molar-refractivity contribution is 7.80. The van der Waals surface area contributed by atoms with Gasteiger partial charge in [-0.2, -0.15) is 0 Å². The number of hydrogen-bond acceptors (Lipinski definition) is 4.